The topological polar surface area (TPSA) is 15.3 Å². The molecular formula is C13H18N2. The van der Waals surface area contributed by atoms with Gasteiger partial charge in [-0.1, -0.05) is 6.07 Å². The molecule has 1 atom stereocenters. The second kappa shape index (κ2) is 3.24. The summed E-state index contributed by atoms with van der Waals surface area (Å²) in [5.74, 6) is 0.760. The highest BCUT2D eigenvalue weighted by Crippen LogP contribution is 2.39. The van der Waals surface area contributed by atoms with Crippen LogP contribution in [-0.4, -0.2) is 25.0 Å². The Labute approximate surface area is 91.3 Å². The van der Waals surface area contributed by atoms with E-state index in [0.29, 0.717) is 0 Å². The third kappa shape index (κ3) is 1.44. The van der Waals surface area contributed by atoms with Crippen molar-refractivity contribution in [1.29, 1.82) is 0 Å². The molecule has 0 saturated heterocycles. The van der Waals surface area contributed by atoms with E-state index >= 15 is 0 Å². The first-order valence-electron chi connectivity index (χ1n) is 5.80. The van der Waals surface area contributed by atoms with Crippen LogP contribution >= 0.6 is 0 Å². The molecule has 3 rings (SSSR count). The van der Waals surface area contributed by atoms with Crippen LogP contribution in [0, 0.1) is 6.92 Å². The Morgan fingerprint density at radius 3 is 3.13 bits per heavy atom. The van der Waals surface area contributed by atoms with Crippen molar-refractivity contribution >= 4 is 5.69 Å². The van der Waals surface area contributed by atoms with Gasteiger partial charge in [0, 0.05) is 31.2 Å². The average Bonchev–Trinajstić information content (AvgIpc) is 2.16. The van der Waals surface area contributed by atoms with E-state index in [1.807, 2.05) is 0 Å². The van der Waals surface area contributed by atoms with Gasteiger partial charge in [-0.05, 0) is 43.1 Å². The number of hydrogen-bond donors (Lipinski definition) is 1. The van der Waals surface area contributed by atoms with Gasteiger partial charge in [0.25, 0.3) is 0 Å². The summed E-state index contributed by atoms with van der Waals surface area (Å²) in [6.07, 6.45) is 1.29. The highest BCUT2D eigenvalue weighted by atomic mass is 15.1. The summed E-state index contributed by atoms with van der Waals surface area (Å²) >= 11 is 0. The Bertz CT molecular complexity index is 398. The molecule has 2 aliphatic heterocycles. The van der Waals surface area contributed by atoms with Crippen LogP contribution < -0.4 is 5.32 Å². The van der Waals surface area contributed by atoms with Gasteiger partial charge in [-0.3, -0.25) is 0 Å². The molecule has 0 spiro atoms. The van der Waals surface area contributed by atoms with Crippen LogP contribution in [0.5, 0.6) is 0 Å². The van der Waals surface area contributed by atoms with Crippen molar-refractivity contribution in [2.24, 2.45) is 0 Å². The molecule has 15 heavy (non-hydrogen) atoms. The van der Waals surface area contributed by atoms with Crippen LogP contribution in [0.25, 0.3) is 0 Å². The molecular weight excluding hydrogens is 184 g/mol. The molecule has 0 fully saturated rings. The van der Waals surface area contributed by atoms with Crippen LogP contribution in [0.15, 0.2) is 12.1 Å². The van der Waals surface area contributed by atoms with E-state index in [1.165, 1.54) is 29.8 Å². The fraction of sp³-hybridized carbons (Fsp3) is 0.538. The Morgan fingerprint density at radius 2 is 2.27 bits per heavy atom. The summed E-state index contributed by atoms with van der Waals surface area (Å²) in [5, 5.41) is 3.54. The smallest absolute Gasteiger partial charge is 0.0382 e. The van der Waals surface area contributed by atoms with Crippen LogP contribution in [0.3, 0.4) is 0 Å². The van der Waals surface area contributed by atoms with Gasteiger partial charge in [-0.15, -0.1) is 0 Å². The fourth-order valence-corrected chi connectivity index (χ4v) is 3.07. The van der Waals surface area contributed by atoms with Gasteiger partial charge >= 0.3 is 0 Å². The van der Waals surface area contributed by atoms with E-state index in [2.05, 4.69) is 36.3 Å². The maximum absolute atomic E-state index is 3.54. The van der Waals surface area contributed by atoms with Crippen LogP contribution in [-0.2, 0) is 6.54 Å². The van der Waals surface area contributed by atoms with Gasteiger partial charge in [-0.25, -0.2) is 0 Å². The van der Waals surface area contributed by atoms with E-state index in [1.54, 1.807) is 5.56 Å². The average molecular weight is 202 g/mol. The quantitative estimate of drug-likeness (QED) is 0.694. The summed E-state index contributed by atoms with van der Waals surface area (Å²) in [4.78, 5) is 2.45. The molecule has 1 unspecified atom stereocenters. The minimum Gasteiger partial charge on any atom is -0.385 e. The van der Waals surface area contributed by atoms with Crippen LogP contribution in [0.1, 0.15) is 29.0 Å². The van der Waals surface area contributed by atoms with Crippen LogP contribution in [0.4, 0.5) is 5.69 Å². The molecule has 80 valence electrons. The van der Waals surface area contributed by atoms with E-state index in [4.69, 9.17) is 0 Å². The standard InChI is InChI=1S/C13H18N2/c1-9-5-11-8-15(2)7-10-3-4-14-12(6-9)13(10)11/h5-6,10,14H,3-4,7-8H2,1-2H3. The molecule has 0 aromatic heterocycles. The van der Waals surface area contributed by atoms with E-state index < -0.39 is 0 Å². The number of anilines is 1. The SMILES string of the molecule is Cc1cc2c3c(c1)NCCC3CN(C)C2. The third-order valence-corrected chi connectivity index (χ3v) is 3.60. The molecule has 2 heterocycles. The number of nitrogens with zero attached hydrogens (tertiary/aromatic N) is 1. The fourth-order valence-electron chi connectivity index (χ4n) is 3.07. The Morgan fingerprint density at radius 1 is 1.40 bits per heavy atom. The van der Waals surface area contributed by atoms with Gasteiger partial charge < -0.3 is 10.2 Å². The molecule has 2 nitrogen and oxygen atoms in total. The predicted molar refractivity (Wildman–Crippen MR) is 63.4 cm³/mol. The maximum Gasteiger partial charge on any atom is 0.0382 e. The second-order valence-electron chi connectivity index (χ2n) is 4.99. The lowest BCUT2D eigenvalue weighted by molar-refractivity contribution is 0.274. The van der Waals surface area contributed by atoms with Gasteiger partial charge in [0.05, 0.1) is 0 Å². The number of rotatable bonds is 0. The maximum atomic E-state index is 3.54. The number of likely N-dealkylation sites (N-methyl/N-ethyl adjacent to an activating group) is 1. The summed E-state index contributed by atoms with van der Waals surface area (Å²) in [6.45, 7) is 5.66. The molecule has 1 aromatic rings. The van der Waals surface area contributed by atoms with Crippen LogP contribution in [0.2, 0.25) is 0 Å². The Balaban J connectivity index is 2.16. The first kappa shape index (κ1) is 9.22. The summed E-state index contributed by atoms with van der Waals surface area (Å²) in [7, 11) is 2.23. The van der Waals surface area contributed by atoms with Crippen molar-refractivity contribution < 1.29 is 0 Å². The van der Waals surface area contributed by atoms with Gasteiger partial charge in [-0.2, -0.15) is 0 Å². The van der Waals surface area contributed by atoms with Gasteiger partial charge in [0.2, 0.25) is 0 Å². The lowest BCUT2D eigenvalue weighted by atomic mass is 9.83. The lowest BCUT2D eigenvalue weighted by Gasteiger charge is -2.37. The highest BCUT2D eigenvalue weighted by Gasteiger charge is 2.28. The number of hydrogen-bond acceptors (Lipinski definition) is 2. The van der Waals surface area contributed by atoms with Crippen molar-refractivity contribution in [3.8, 4) is 0 Å². The zero-order chi connectivity index (χ0) is 10.4. The highest BCUT2D eigenvalue weighted by molar-refractivity contribution is 5.60. The molecule has 0 saturated carbocycles. The molecule has 0 amide bonds. The lowest BCUT2D eigenvalue weighted by Crippen LogP contribution is -2.34. The van der Waals surface area contributed by atoms with Crippen molar-refractivity contribution in [3.05, 3.63) is 28.8 Å². The monoisotopic (exact) mass is 202 g/mol. The van der Waals surface area contributed by atoms with Crippen molar-refractivity contribution in [2.45, 2.75) is 25.8 Å². The Kier molecular flexibility index (Phi) is 1.99. The normalized spacial score (nSPS) is 24.5. The first-order chi connectivity index (χ1) is 7.24. The van der Waals surface area contributed by atoms with E-state index in [-0.39, 0.29) is 0 Å². The number of nitrogens with one attached hydrogen (secondary N) is 1. The van der Waals surface area contributed by atoms with Gasteiger partial charge in [0.1, 0.15) is 0 Å². The predicted octanol–water partition coefficient (Wildman–Crippen LogP) is 2.34. The molecule has 0 radical (unpaired) electrons. The second-order valence-corrected chi connectivity index (χ2v) is 4.99. The zero-order valence-electron chi connectivity index (χ0n) is 9.51. The molecule has 2 aliphatic rings. The minimum absolute atomic E-state index is 0.760. The Hall–Kier alpha value is -1.02. The number of aryl methyl sites for hydroxylation is 1. The number of benzene rings is 1. The summed E-state index contributed by atoms with van der Waals surface area (Å²) in [6, 6.07) is 4.66. The molecule has 0 bridgehead atoms. The molecule has 1 N–H and O–H groups in total. The first-order valence-corrected chi connectivity index (χ1v) is 5.80. The zero-order valence-corrected chi connectivity index (χ0v) is 9.51. The van der Waals surface area contributed by atoms with Crippen molar-refractivity contribution in [3.63, 3.8) is 0 Å². The summed E-state index contributed by atoms with van der Waals surface area (Å²) in [5.41, 5.74) is 5.92. The molecule has 2 heteroatoms. The molecule has 1 aromatic carbocycles. The van der Waals surface area contributed by atoms with E-state index in [9.17, 15) is 0 Å². The van der Waals surface area contributed by atoms with E-state index in [0.717, 1.165) is 19.0 Å². The summed E-state index contributed by atoms with van der Waals surface area (Å²) < 4.78 is 0. The van der Waals surface area contributed by atoms with Crippen molar-refractivity contribution in [2.75, 3.05) is 25.5 Å². The third-order valence-electron chi connectivity index (χ3n) is 3.60. The minimum atomic E-state index is 0.760. The van der Waals surface area contributed by atoms with Crippen molar-refractivity contribution in [1.82, 2.24) is 4.90 Å². The largest absolute Gasteiger partial charge is 0.385 e. The van der Waals surface area contributed by atoms with Gasteiger partial charge in [0.15, 0.2) is 0 Å². The molecule has 0 aliphatic carbocycles.